The lowest BCUT2D eigenvalue weighted by molar-refractivity contribution is -0.000904. The van der Waals surface area contributed by atoms with E-state index in [1.54, 1.807) is 7.11 Å². The molecular weight excluding hydrogens is 482 g/mol. The Morgan fingerprint density at radius 1 is 0.816 bits per heavy atom. The lowest BCUT2D eigenvalue weighted by Gasteiger charge is -2.20. The molecule has 3 rings (SSSR count). The number of hydrogen-bond acceptors (Lipinski definition) is 7. The van der Waals surface area contributed by atoms with E-state index < -0.39 is 6.09 Å². The van der Waals surface area contributed by atoms with E-state index in [0.717, 1.165) is 34.0 Å². The second-order valence-electron chi connectivity index (χ2n) is 9.30. The van der Waals surface area contributed by atoms with Crippen molar-refractivity contribution in [3.05, 3.63) is 83.9 Å². The smallest absolute Gasteiger partial charge is 0.407 e. The third-order valence-corrected chi connectivity index (χ3v) is 5.95. The van der Waals surface area contributed by atoms with Crippen LogP contribution in [0.15, 0.2) is 72.8 Å². The van der Waals surface area contributed by atoms with Crippen molar-refractivity contribution >= 4 is 17.5 Å². The van der Waals surface area contributed by atoms with Crippen molar-refractivity contribution in [3.8, 4) is 11.5 Å². The van der Waals surface area contributed by atoms with Crippen molar-refractivity contribution in [2.45, 2.75) is 19.1 Å². The average Bonchev–Trinajstić information content (AvgIpc) is 2.93. The molecule has 1 amide bonds. The van der Waals surface area contributed by atoms with Crippen LogP contribution >= 0.6 is 0 Å². The highest BCUT2D eigenvalue weighted by atomic mass is 16.6. The van der Waals surface area contributed by atoms with Gasteiger partial charge < -0.3 is 34.1 Å². The molecule has 0 aliphatic carbocycles. The summed E-state index contributed by atoms with van der Waals surface area (Å²) >= 11 is 0. The number of carbonyl (C=O) groups is 1. The van der Waals surface area contributed by atoms with Crippen molar-refractivity contribution in [3.63, 3.8) is 0 Å². The van der Waals surface area contributed by atoms with Gasteiger partial charge in [-0.05, 0) is 47.5 Å². The van der Waals surface area contributed by atoms with Crippen molar-refractivity contribution in [2.75, 3.05) is 64.9 Å². The largest absolute Gasteiger partial charge is 0.497 e. The highest BCUT2D eigenvalue weighted by Crippen LogP contribution is 2.20. The molecule has 0 aliphatic heterocycles. The number of anilines is 2. The van der Waals surface area contributed by atoms with Gasteiger partial charge in [0.25, 0.3) is 0 Å². The lowest BCUT2D eigenvalue weighted by atomic mass is 10.1. The Labute approximate surface area is 226 Å². The molecule has 3 aromatic rings. The summed E-state index contributed by atoms with van der Waals surface area (Å²) in [6, 6.07) is 23.8. The quantitative estimate of drug-likeness (QED) is 0.307. The number of benzene rings is 3. The van der Waals surface area contributed by atoms with E-state index in [1.807, 2.05) is 111 Å². The van der Waals surface area contributed by atoms with E-state index in [1.165, 1.54) is 0 Å². The van der Waals surface area contributed by atoms with Crippen LogP contribution in [0.5, 0.6) is 11.5 Å². The van der Waals surface area contributed by atoms with Crippen molar-refractivity contribution in [1.82, 2.24) is 5.32 Å². The monoisotopic (exact) mass is 521 g/mol. The summed E-state index contributed by atoms with van der Waals surface area (Å²) in [5.74, 6) is 1.57. The van der Waals surface area contributed by atoms with Crippen molar-refractivity contribution in [1.29, 1.82) is 0 Å². The molecule has 0 spiro atoms. The van der Waals surface area contributed by atoms with E-state index in [2.05, 4.69) is 5.32 Å². The number of ether oxygens (including phenoxy) is 4. The second-order valence-corrected chi connectivity index (χ2v) is 9.30. The number of carbonyl (C=O) groups excluding carboxylic acids is 1. The van der Waals surface area contributed by atoms with Crippen LogP contribution in [0.25, 0.3) is 0 Å². The number of rotatable bonds is 14. The molecule has 1 atom stereocenters. The van der Waals surface area contributed by atoms with Gasteiger partial charge in [0.1, 0.15) is 24.7 Å². The second kappa shape index (κ2) is 14.7. The topological polar surface area (TPSA) is 72.5 Å². The summed E-state index contributed by atoms with van der Waals surface area (Å²) in [4.78, 5) is 16.2. The van der Waals surface area contributed by atoms with Gasteiger partial charge in [-0.15, -0.1) is 0 Å². The number of nitrogens with one attached hydrogen (secondary N) is 1. The van der Waals surface area contributed by atoms with Crippen LogP contribution in [0.4, 0.5) is 16.2 Å². The first kappa shape index (κ1) is 28.7. The van der Waals surface area contributed by atoms with Gasteiger partial charge in [-0.3, -0.25) is 0 Å². The minimum absolute atomic E-state index is 0.140. The fraction of sp³-hybridized carbons (Fsp3) is 0.367. The number of methoxy groups -OCH3 is 1. The maximum absolute atomic E-state index is 12.1. The zero-order valence-corrected chi connectivity index (χ0v) is 23.0. The highest BCUT2D eigenvalue weighted by Gasteiger charge is 2.13. The standard InChI is InChI=1S/C30H39N3O5/c1-32(2)25-13-9-24(10-14-25)21-31-30(34)37-18-17-36-29(19-23-11-15-27(35-5)16-12-23)22-38-28-8-6-7-26(20-28)33(3)4/h6-16,20,29H,17-19,21-22H2,1-5H3,(H,31,34). The molecular formula is C30H39N3O5. The molecule has 0 aromatic heterocycles. The average molecular weight is 522 g/mol. The van der Waals surface area contributed by atoms with Crippen LogP contribution < -0.4 is 24.6 Å². The third kappa shape index (κ3) is 9.52. The molecule has 8 heteroatoms. The summed E-state index contributed by atoms with van der Waals surface area (Å²) < 4.78 is 22.7. The summed E-state index contributed by atoms with van der Waals surface area (Å²) in [6.07, 6.45) is -0.0611. The van der Waals surface area contributed by atoms with Crippen LogP contribution in [0, 0.1) is 0 Å². The van der Waals surface area contributed by atoms with Crippen LogP contribution in [0.3, 0.4) is 0 Å². The zero-order valence-electron chi connectivity index (χ0n) is 23.0. The van der Waals surface area contributed by atoms with Crippen molar-refractivity contribution < 1.29 is 23.7 Å². The molecule has 0 bridgehead atoms. The Kier molecular flexibility index (Phi) is 11.1. The highest BCUT2D eigenvalue weighted by molar-refractivity contribution is 5.67. The Balaban J connectivity index is 1.48. The molecule has 0 saturated carbocycles. The molecule has 3 aromatic carbocycles. The predicted molar refractivity (Wildman–Crippen MR) is 152 cm³/mol. The summed E-state index contributed by atoms with van der Waals surface area (Å²) in [5.41, 5.74) is 4.26. The maximum Gasteiger partial charge on any atom is 0.407 e. The van der Waals surface area contributed by atoms with Gasteiger partial charge >= 0.3 is 6.09 Å². The van der Waals surface area contributed by atoms with Crippen molar-refractivity contribution in [2.24, 2.45) is 0 Å². The summed E-state index contributed by atoms with van der Waals surface area (Å²) in [5, 5.41) is 2.78. The first-order chi connectivity index (χ1) is 18.3. The zero-order chi connectivity index (χ0) is 27.3. The van der Waals surface area contributed by atoms with E-state index in [9.17, 15) is 4.79 Å². The Morgan fingerprint density at radius 3 is 2.16 bits per heavy atom. The Hall–Kier alpha value is -3.91. The summed E-state index contributed by atoms with van der Waals surface area (Å²) in [6.45, 7) is 1.15. The van der Waals surface area contributed by atoms with Crippen LogP contribution in [0.2, 0.25) is 0 Å². The maximum atomic E-state index is 12.1. The van der Waals surface area contributed by atoms with Gasteiger partial charge in [0.15, 0.2) is 0 Å². The number of alkyl carbamates (subject to hydrolysis) is 1. The fourth-order valence-corrected chi connectivity index (χ4v) is 3.72. The fourth-order valence-electron chi connectivity index (χ4n) is 3.72. The van der Waals surface area contributed by atoms with Gasteiger partial charge in [0.05, 0.1) is 19.8 Å². The number of hydrogen-bond donors (Lipinski definition) is 1. The van der Waals surface area contributed by atoms with Crippen LogP contribution in [-0.4, -0.2) is 67.3 Å². The number of nitrogens with zero attached hydrogens (tertiary/aromatic N) is 2. The molecule has 0 fully saturated rings. The molecule has 0 radical (unpaired) electrons. The molecule has 0 heterocycles. The summed E-state index contributed by atoms with van der Waals surface area (Å²) in [7, 11) is 9.61. The molecule has 8 nitrogen and oxygen atoms in total. The van der Waals surface area contributed by atoms with E-state index >= 15 is 0 Å². The van der Waals surface area contributed by atoms with Gasteiger partial charge in [0.2, 0.25) is 0 Å². The lowest BCUT2D eigenvalue weighted by Crippen LogP contribution is -2.28. The van der Waals surface area contributed by atoms with Gasteiger partial charge in [0, 0.05) is 58.6 Å². The number of amides is 1. The SMILES string of the molecule is COc1ccc(CC(COc2cccc(N(C)C)c2)OCCOC(=O)NCc2ccc(N(C)C)cc2)cc1. The molecule has 0 aliphatic rings. The predicted octanol–water partition coefficient (Wildman–Crippen LogP) is 4.76. The van der Waals surface area contributed by atoms with E-state index in [0.29, 0.717) is 19.6 Å². The van der Waals surface area contributed by atoms with Gasteiger partial charge in [-0.25, -0.2) is 4.79 Å². The first-order valence-electron chi connectivity index (χ1n) is 12.7. The molecule has 0 saturated heterocycles. The molecule has 1 unspecified atom stereocenters. The van der Waals surface area contributed by atoms with Crippen LogP contribution in [0.1, 0.15) is 11.1 Å². The Morgan fingerprint density at radius 2 is 1.50 bits per heavy atom. The van der Waals surface area contributed by atoms with E-state index in [-0.39, 0.29) is 19.3 Å². The van der Waals surface area contributed by atoms with Gasteiger partial charge in [-0.2, -0.15) is 0 Å². The van der Waals surface area contributed by atoms with Gasteiger partial charge in [-0.1, -0.05) is 30.3 Å². The molecule has 204 valence electrons. The minimum atomic E-state index is -0.478. The van der Waals surface area contributed by atoms with E-state index in [4.69, 9.17) is 18.9 Å². The first-order valence-corrected chi connectivity index (χ1v) is 12.7. The molecule has 1 N–H and O–H groups in total. The molecule has 38 heavy (non-hydrogen) atoms. The third-order valence-electron chi connectivity index (χ3n) is 5.95. The minimum Gasteiger partial charge on any atom is -0.497 e. The van der Waals surface area contributed by atoms with Crippen LogP contribution in [-0.2, 0) is 22.4 Å². The Bertz CT molecular complexity index is 1120. The normalized spacial score (nSPS) is 11.4.